The van der Waals surface area contributed by atoms with E-state index in [1.165, 1.54) is 0 Å². The van der Waals surface area contributed by atoms with Crippen LogP contribution in [0.3, 0.4) is 0 Å². The van der Waals surface area contributed by atoms with Gasteiger partial charge in [-0.05, 0) is 71.1 Å². The number of rotatable bonds is 14. The van der Waals surface area contributed by atoms with Crippen molar-refractivity contribution in [3.05, 3.63) is 168 Å². The molecule has 6 aromatic rings. The van der Waals surface area contributed by atoms with E-state index in [9.17, 15) is 19.2 Å². The zero-order valence-corrected chi connectivity index (χ0v) is 32.6. The molecule has 0 aliphatic carbocycles. The van der Waals surface area contributed by atoms with E-state index in [2.05, 4.69) is 23.8 Å². The molecule has 0 saturated heterocycles. The third kappa shape index (κ3) is 9.08. The SMILES string of the molecule is C=C(C)C(=O)OCCNC(=O)Oc1ccc2ccccc2c1C(C)(c1ccc(-c2ccccc2)cc1)c1c(OC(=O)NCCOC(=O)C(=C)C)ccc2ccccc12. The van der Waals surface area contributed by atoms with Crippen LogP contribution in [0.15, 0.2) is 152 Å². The highest BCUT2D eigenvalue weighted by Gasteiger charge is 2.40. The molecule has 10 heteroatoms. The van der Waals surface area contributed by atoms with Crippen LogP contribution in [0.5, 0.6) is 11.5 Å². The Kier molecular flexibility index (Phi) is 12.7. The van der Waals surface area contributed by atoms with Gasteiger partial charge >= 0.3 is 24.1 Å². The van der Waals surface area contributed by atoms with Crippen molar-refractivity contribution >= 4 is 45.7 Å². The van der Waals surface area contributed by atoms with Crippen molar-refractivity contribution in [2.75, 3.05) is 26.3 Å². The molecule has 2 amide bonds. The maximum atomic E-state index is 13.5. The summed E-state index contributed by atoms with van der Waals surface area (Å²) in [7, 11) is 0. The van der Waals surface area contributed by atoms with Gasteiger partial charge in [-0.25, -0.2) is 19.2 Å². The average molecular weight is 777 g/mol. The Morgan fingerprint density at radius 3 is 1.40 bits per heavy atom. The molecule has 6 rings (SSSR count). The third-order valence-electron chi connectivity index (χ3n) is 9.66. The Bertz CT molecular complexity index is 2380. The molecular formula is C48H44N2O8. The highest BCUT2D eigenvalue weighted by molar-refractivity contribution is 5.96. The molecule has 0 fully saturated rings. The van der Waals surface area contributed by atoms with E-state index in [0.29, 0.717) is 11.1 Å². The molecule has 0 aliphatic rings. The van der Waals surface area contributed by atoms with Crippen molar-refractivity contribution in [3.63, 3.8) is 0 Å². The van der Waals surface area contributed by atoms with Crippen LogP contribution in [0.4, 0.5) is 9.59 Å². The molecule has 2 N–H and O–H groups in total. The van der Waals surface area contributed by atoms with Crippen LogP contribution in [0, 0.1) is 0 Å². The summed E-state index contributed by atoms with van der Waals surface area (Å²) in [6.07, 6.45) is -1.52. The molecule has 0 heterocycles. The minimum Gasteiger partial charge on any atom is -0.460 e. The Morgan fingerprint density at radius 1 is 0.534 bits per heavy atom. The van der Waals surface area contributed by atoms with Crippen molar-refractivity contribution in [3.8, 4) is 22.6 Å². The lowest BCUT2D eigenvalue weighted by Crippen LogP contribution is -2.34. The Morgan fingerprint density at radius 2 is 0.948 bits per heavy atom. The van der Waals surface area contributed by atoms with Gasteiger partial charge in [-0.15, -0.1) is 0 Å². The summed E-state index contributed by atoms with van der Waals surface area (Å²) in [5, 5.41) is 8.71. The van der Waals surface area contributed by atoms with E-state index >= 15 is 0 Å². The number of ether oxygens (including phenoxy) is 4. The first-order valence-electron chi connectivity index (χ1n) is 18.7. The summed E-state index contributed by atoms with van der Waals surface area (Å²) in [5.74, 6) is -0.608. The molecule has 294 valence electrons. The number of benzene rings is 6. The molecule has 0 aliphatic heterocycles. The molecule has 0 spiro atoms. The topological polar surface area (TPSA) is 129 Å². The predicted octanol–water partition coefficient (Wildman–Crippen LogP) is 9.43. The number of hydrogen-bond donors (Lipinski definition) is 2. The van der Waals surface area contributed by atoms with E-state index < -0.39 is 29.5 Å². The van der Waals surface area contributed by atoms with Crippen LogP contribution in [0.2, 0.25) is 0 Å². The lowest BCUT2D eigenvalue weighted by atomic mass is 9.67. The minimum absolute atomic E-state index is 0.00179. The summed E-state index contributed by atoms with van der Waals surface area (Å²) >= 11 is 0. The third-order valence-corrected chi connectivity index (χ3v) is 9.66. The van der Waals surface area contributed by atoms with Crippen LogP contribution < -0.4 is 20.1 Å². The molecule has 0 radical (unpaired) electrons. The second-order valence-corrected chi connectivity index (χ2v) is 13.9. The summed E-state index contributed by atoms with van der Waals surface area (Å²) < 4.78 is 22.6. The van der Waals surface area contributed by atoms with Crippen molar-refractivity contribution in [1.82, 2.24) is 10.6 Å². The normalized spacial score (nSPS) is 11.0. The number of fused-ring (bicyclic) bond motifs is 2. The van der Waals surface area contributed by atoms with E-state index in [1.54, 1.807) is 26.0 Å². The molecule has 58 heavy (non-hydrogen) atoms. The highest BCUT2D eigenvalue weighted by atomic mass is 16.6. The van der Waals surface area contributed by atoms with E-state index in [0.717, 1.165) is 38.2 Å². The predicted molar refractivity (Wildman–Crippen MR) is 225 cm³/mol. The number of hydrogen-bond acceptors (Lipinski definition) is 8. The second-order valence-electron chi connectivity index (χ2n) is 13.9. The van der Waals surface area contributed by atoms with Gasteiger partial charge in [-0.3, -0.25) is 0 Å². The summed E-state index contributed by atoms with van der Waals surface area (Å²) in [5.41, 5.74) is 3.44. The van der Waals surface area contributed by atoms with Crippen LogP contribution in [-0.4, -0.2) is 50.4 Å². The van der Waals surface area contributed by atoms with Crippen LogP contribution in [-0.2, 0) is 24.5 Å². The first-order chi connectivity index (χ1) is 28.0. The van der Waals surface area contributed by atoms with Gasteiger partial charge in [0.15, 0.2) is 0 Å². The van der Waals surface area contributed by atoms with E-state index in [4.69, 9.17) is 18.9 Å². The van der Waals surface area contributed by atoms with Gasteiger partial charge in [-0.1, -0.05) is 128 Å². The van der Waals surface area contributed by atoms with Gasteiger partial charge in [-0.2, -0.15) is 0 Å². The van der Waals surface area contributed by atoms with Gasteiger partial charge in [0.25, 0.3) is 0 Å². The average Bonchev–Trinajstić information content (AvgIpc) is 3.23. The van der Waals surface area contributed by atoms with Gasteiger partial charge in [0.05, 0.1) is 18.5 Å². The first kappa shape index (κ1) is 40.5. The molecule has 6 aromatic carbocycles. The first-order valence-corrected chi connectivity index (χ1v) is 18.7. The van der Waals surface area contributed by atoms with Crippen LogP contribution in [0.25, 0.3) is 32.7 Å². The second kappa shape index (κ2) is 18.2. The molecule has 0 bridgehead atoms. The van der Waals surface area contributed by atoms with Gasteiger partial charge in [0.1, 0.15) is 24.7 Å². The fourth-order valence-corrected chi connectivity index (χ4v) is 6.86. The number of carbonyl (C=O) groups excluding carboxylic acids is 4. The minimum atomic E-state index is -1.17. The zero-order chi connectivity index (χ0) is 41.2. The molecule has 0 unspecified atom stereocenters. The van der Waals surface area contributed by atoms with Gasteiger partial charge in [0, 0.05) is 22.3 Å². The fraction of sp³-hybridized carbons (Fsp3) is 0.167. The molecule has 0 atom stereocenters. The maximum absolute atomic E-state index is 13.5. The number of nitrogens with one attached hydrogen (secondary N) is 2. The van der Waals surface area contributed by atoms with Gasteiger partial charge in [0.2, 0.25) is 0 Å². The molecular weight excluding hydrogens is 733 g/mol. The lowest BCUT2D eigenvalue weighted by Gasteiger charge is -2.36. The smallest absolute Gasteiger partial charge is 0.412 e. The number of amides is 2. The molecule has 0 aromatic heterocycles. The van der Waals surface area contributed by atoms with E-state index in [-0.39, 0.29) is 48.9 Å². The van der Waals surface area contributed by atoms with Gasteiger partial charge < -0.3 is 29.6 Å². The summed E-state index contributed by atoms with van der Waals surface area (Å²) in [4.78, 5) is 50.8. The van der Waals surface area contributed by atoms with E-state index in [1.807, 2.05) is 122 Å². The van der Waals surface area contributed by atoms with Crippen LogP contribution >= 0.6 is 0 Å². The van der Waals surface area contributed by atoms with Crippen molar-refractivity contribution in [2.45, 2.75) is 26.2 Å². The standard InChI is InChI=1S/C48H44N2O8/c1-31(2)44(51)55-29-27-49-46(53)57-40-25-21-35-15-9-11-17-38(35)42(40)48(5,37-23-19-34(20-24-37)33-13-7-6-8-14-33)43-39-18-12-10-16-36(39)22-26-41(43)58-47(54)50-28-30-56-45(52)32(3)4/h6-26H,1,3,27-30H2,2,4-5H3,(H,49,53)(H,50,54). The monoisotopic (exact) mass is 776 g/mol. The van der Waals surface area contributed by atoms with Crippen molar-refractivity contribution < 1.29 is 38.1 Å². The van der Waals surface area contributed by atoms with Crippen molar-refractivity contribution in [1.29, 1.82) is 0 Å². The Balaban J connectivity index is 1.51. The van der Waals surface area contributed by atoms with Crippen LogP contribution in [0.1, 0.15) is 37.5 Å². The number of carbonyl (C=O) groups is 4. The fourth-order valence-electron chi connectivity index (χ4n) is 6.86. The molecule has 0 saturated carbocycles. The Labute approximate surface area is 337 Å². The van der Waals surface area contributed by atoms with Crippen molar-refractivity contribution in [2.24, 2.45) is 0 Å². The zero-order valence-electron chi connectivity index (χ0n) is 32.6. The maximum Gasteiger partial charge on any atom is 0.412 e. The quantitative estimate of drug-likeness (QED) is 0.0485. The molecule has 10 nitrogen and oxygen atoms in total. The highest BCUT2D eigenvalue weighted by Crippen LogP contribution is 2.51. The lowest BCUT2D eigenvalue weighted by molar-refractivity contribution is -0.139. The summed E-state index contributed by atoms with van der Waals surface area (Å²) in [6.45, 7) is 12.1. The number of esters is 2. The largest absolute Gasteiger partial charge is 0.460 e. The Hall–Kier alpha value is -7.20. The summed E-state index contributed by atoms with van der Waals surface area (Å²) in [6, 6.07) is 41.0.